The Balaban J connectivity index is 2.30. The van der Waals surface area contributed by atoms with Crippen LogP contribution in [0.1, 0.15) is 18.1 Å². The van der Waals surface area contributed by atoms with Crippen LogP contribution in [0.5, 0.6) is 0 Å². The minimum atomic E-state index is -0.776. The van der Waals surface area contributed by atoms with Gasteiger partial charge in [0.2, 0.25) is 0 Å². The summed E-state index contributed by atoms with van der Waals surface area (Å²) >= 11 is 1.34. The van der Waals surface area contributed by atoms with Crippen LogP contribution in [0.3, 0.4) is 0 Å². The molecule has 1 aromatic heterocycles. The van der Waals surface area contributed by atoms with Crippen molar-refractivity contribution in [1.82, 2.24) is 14.8 Å². The summed E-state index contributed by atoms with van der Waals surface area (Å²) in [5, 5.41) is 2.88. The van der Waals surface area contributed by atoms with Crippen LogP contribution in [0, 0.1) is 6.92 Å². The van der Waals surface area contributed by atoms with Gasteiger partial charge in [-0.05, 0) is 49.2 Å². The number of rotatable bonds is 4. The zero-order chi connectivity index (χ0) is 15.6. The molecular formula is C14H18N4O2S. The van der Waals surface area contributed by atoms with Gasteiger partial charge in [0.1, 0.15) is 0 Å². The van der Waals surface area contributed by atoms with Crippen LogP contribution in [-0.4, -0.2) is 20.8 Å². The number of aromatic amines is 1. The van der Waals surface area contributed by atoms with Gasteiger partial charge in [-0.25, -0.2) is 0 Å². The van der Waals surface area contributed by atoms with Crippen molar-refractivity contribution in [3.05, 3.63) is 50.0 Å². The number of hydrogen-bond donors (Lipinski definition) is 2. The minimum Gasteiger partial charge on any atom is -0.328 e. The van der Waals surface area contributed by atoms with E-state index < -0.39 is 11.1 Å². The van der Waals surface area contributed by atoms with Gasteiger partial charge in [0.15, 0.2) is 5.16 Å². The van der Waals surface area contributed by atoms with Crippen molar-refractivity contribution in [3.63, 3.8) is 0 Å². The first-order valence-corrected chi connectivity index (χ1v) is 7.39. The summed E-state index contributed by atoms with van der Waals surface area (Å²) < 4.78 is 1.45. The molecule has 0 saturated carbocycles. The summed E-state index contributed by atoms with van der Waals surface area (Å²) in [5.74, 6) is 0. The van der Waals surface area contributed by atoms with Crippen molar-refractivity contribution in [3.8, 4) is 0 Å². The minimum absolute atomic E-state index is 0.115. The second-order valence-corrected chi connectivity index (χ2v) is 6.09. The van der Waals surface area contributed by atoms with E-state index in [0.29, 0.717) is 5.16 Å². The molecule has 7 heteroatoms. The molecule has 3 N–H and O–H groups in total. The van der Waals surface area contributed by atoms with Crippen molar-refractivity contribution >= 4 is 11.8 Å². The van der Waals surface area contributed by atoms with E-state index in [1.807, 2.05) is 26.0 Å². The first-order chi connectivity index (χ1) is 9.86. The molecule has 0 bridgehead atoms. The van der Waals surface area contributed by atoms with Gasteiger partial charge in [-0.3, -0.25) is 19.4 Å². The molecule has 0 saturated heterocycles. The SMILES string of the molecule is Cc1cc(CC(C)N)ccc1Sc1nc(=O)c(=O)[nH]n1C. The lowest BCUT2D eigenvalue weighted by molar-refractivity contribution is 0.596. The van der Waals surface area contributed by atoms with E-state index in [0.717, 1.165) is 16.9 Å². The highest BCUT2D eigenvalue weighted by molar-refractivity contribution is 7.99. The number of nitrogens with zero attached hydrogens (tertiary/aromatic N) is 2. The summed E-state index contributed by atoms with van der Waals surface area (Å²) in [4.78, 5) is 27.3. The Morgan fingerprint density at radius 2 is 2.14 bits per heavy atom. The van der Waals surface area contributed by atoms with Gasteiger partial charge in [0.05, 0.1) is 0 Å². The Hall–Kier alpha value is -1.86. The predicted molar refractivity (Wildman–Crippen MR) is 82.8 cm³/mol. The molecule has 0 aliphatic rings. The largest absolute Gasteiger partial charge is 0.339 e. The topological polar surface area (TPSA) is 93.8 Å². The maximum absolute atomic E-state index is 11.3. The van der Waals surface area contributed by atoms with E-state index in [4.69, 9.17) is 5.73 Å². The fourth-order valence-electron chi connectivity index (χ4n) is 1.98. The van der Waals surface area contributed by atoms with Gasteiger partial charge in [-0.1, -0.05) is 12.1 Å². The van der Waals surface area contributed by atoms with E-state index in [-0.39, 0.29) is 6.04 Å². The highest BCUT2D eigenvalue weighted by atomic mass is 32.2. The van der Waals surface area contributed by atoms with Crippen LogP contribution < -0.4 is 16.9 Å². The van der Waals surface area contributed by atoms with Gasteiger partial charge < -0.3 is 5.73 Å². The quantitative estimate of drug-likeness (QED) is 0.816. The molecule has 1 unspecified atom stereocenters. The number of aromatic nitrogens is 3. The Morgan fingerprint density at radius 3 is 2.76 bits per heavy atom. The lowest BCUT2D eigenvalue weighted by Gasteiger charge is -2.11. The average Bonchev–Trinajstić information content (AvgIpc) is 2.38. The van der Waals surface area contributed by atoms with E-state index in [9.17, 15) is 9.59 Å². The third-order valence-corrected chi connectivity index (χ3v) is 4.17. The Labute approximate surface area is 126 Å². The third kappa shape index (κ3) is 3.83. The summed E-state index contributed by atoms with van der Waals surface area (Å²) in [6.07, 6.45) is 0.821. The van der Waals surface area contributed by atoms with Gasteiger partial charge in [-0.15, -0.1) is 0 Å². The van der Waals surface area contributed by atoms with Crippen LogP contribution in [0.2, 0.25) is 0 Å². The summed E-state index contributed by atoms with van der Waals surface area (Å²) in [6, 6.07) is 6.19. The number of hydrogen-bond acceptors (Lipinski definition) is 5. The predicted octanol–water partition coefficient (Wildman–Crippen LogP) is 0.818. The molecule has 0 fully saturated rings. The monoisotopic (exact) mass is 306 g/mol. The summed E-state index contributed by atoms with van der Waals surface area (Å²) in [7, 11) is 1.65. The standard InChI is InChI=1S/C14H18N4O2S/c1-8-6-10(7-9(2)15)4-5-11(8)21-14-16-12(19)13(20)17-18(14)3/h4-6,9H,7,15H2,1-3H3,(H,17,20). The number of benzene rings is 1. The molecule has 1 heterocycles. The smallest absolute Gasteiger partial charge is 0.328 e. The summed E-state index contributed by atoms with van der Waals surface area (Å²) in [5.41, 5.74) is 6.57. The maximum atomic E-state index is 11.3. The molecule has 2 rings (SSSR count). The third-order valence-electron chi connectivity index (χ3n) is 2.95. The molecule has 2 aromatic rings. The molecule has 21 heavy (non-hydrogen) atoms. The van der Waals surface area contributed by atoms with Crippen LogP contribution in [0.15, 0.2) is 37.8 Å². The molecule has 0 radical (unpaired) electrons. The zero-order valence-electron chi connectivity index (χ0n) is 12.2. The lowest BCUT2D eigenvalue weighted by atomic mass is 10.1. The van der Waals surface area contributed by atoms with Crippen LogP contribution in [-0.2, 0) is 13.5 Å². The van der Waals surface area contributed by atoms with E-state index in [1.165, 1.54) is 22.0 Å². The number of aryl methyl sites for hydroxylation is 2. The van der Waals surface area contributed by atoms with Gasteiger partial charge in [0.25, 0.3) is 0 Å². The highest BCUT2D eigenvalue weighted by Gasteiger charge is 2.09. The average molecular weight is 306 g/mol. The first kappa shape index (κ1) is 15.5. The maximum Gasteiger partial charge on any atom is 0.339 e. The zero-order valence-corrected chi connectivity index (χ0v) is 13.0. The Kier molecular flexibility index (Phi) is 4.64. The van der Waals surface area contributed by atoms with Crippen molar-refractivity contribution in [1.29, 1.82) is 0 Å². The Bertz CT molecular complexity index is 764. The van der Waals surface area contributed by atoms with E-state index >= 15 is 0 Å². The second-order valence-electron chi connectivity index (χ2n) is 5.08. The van der Waals surface area contributed by atoms with Crippen molar-refractivity contribution in [2.45, 2.75) is 36.4 Å². The van der Waals surface area contributed by atoms with Crippen LogP contribution >= 0.6 is 11.8 Å². The molecule has 112 valence electrons. The van der Waals surface area contributed by atoms with Gasteiger partial charge in [0, 0.05) is 18.0 Å². The molecule has 1 atom stereocenters. The molecular weight excluding hydrogens is 288 g/mol. The molecule has 0 aliphatic heterocycles. The number of H-pyrrole nitrogens is 1. The van der Waals surface area contributed by atoms with E-state index in [1.54, 1.807) is 7.05 Å². The molecule has 0 spiro atoms. The molecule has 0 amide bonds. The second kappa shape index (κ2) is 6.28. The Morgan fingerprint density at radius 1 is 1.43 bits per heavy atom. The van der Waals surface area contributed by atoms with Crippen LogP contribution in [0.4, 0.5) is 0 Å². The van der Waals surface area contributed by atoms with Crippen molar-refractivity contribution in [2.24, 2.45) is 12.8 Å². The summed E-state index contributed by atoms with van der Waals surface area (Å²) in [6.45, 7) is 3.97. The van der Waals surface area contributed by atoms with Gasteiger partial charge in [-0.2, -0.15) is 4.98 Å². The fourth-order valence-corrected chi connectivity index (χ4v) is 2.84. The lowest BCUT2D eigenvalue weighted by Crippen LogP contribution is -2.33. The van der Waals surface area contributed by atoms with Crippen molar-refractivity contribution < 1.29 is 0 Å². The highest BCUT2D eigenvalue weighted by Crippen LogP contribution is 2.28. The first-order valence-electron chi connectivity index (χ1n) is 6.57. The number of nitrogens with one attached hydrogen (secondary N) is 1. The van der Waals surface area contributed by atoms with Crippen molar-refractivity contribution in [2.75, 3.05) is 0 Å². The number of nitrogens with two attached hydrogens (primary N) is 1. The van der Waals surface area contributed by atoms with Crippen LogP contribution in [0.25, 0.3) is 0 Å². The van der Waals surface area contributed by atoms with E-state index in [2.05, 4.69) is 16.1 Å². The van der Waals surface area contributed by atoms with Gasteiger partial charge >= 0.3 is 11.1 Å². The fraction of sp³-hybridized carbons (Fsp3) is 0.357. The normalized spacial score (nSPS) is 12.4. The molecule has 1 aromatic carbocycles. The molecule has 6 nitrogen and oxygen atoms in total. The molecule has 0 aliphatic carbocycles.